The molecule has 2 saturated carbocycles. The van der Waals surface area contributed by atoms with Crippen molar-refractivity contribution in [1.82, 2.24) is 0 Å². The van der Waals surface area contributed by atoms with E-state index in [0.717, 1.165) is 18.4 Å². The van der Waals surface area contributed by atoms with E-state index < -0.39 is 0 Å². The van der Waals surface area contributed by atoms with Crippen molar-refractivity contribution in [2.24, 2.45) is 11.8 Å². The van der Waals surface area contributed by atoms with Gasteiger partial charge in [0, 0.05) is 10.8 Å². The van der Waals surface area contributed by atoms with Crippen molar-refractivity contribution in [3.8, 4) is 0 Å². The summed E-state index contributed by atoms with van der Waals surface area (Å²) in [5.41, 5.74) is 1.16. The first-order valence-electron chi connectivity index (χ1n) is 5.96. The molecule has 0 aromatic heterocycles. The predicted molar refractivity (Wildman–Crippen MR) is 60.8 cm³/mol. The molecule has 0 heterocycles. The van der Waals surface area contributed by atoms with E-state index in [-0.39, 0.29) is 16.9 Å². The maximum absolute atomic E-state index is 11.2. The Morgan fingerprint density at radius 3 is 2.50 bits per heavy atom. The van der Waals surface area contributed by atoms with Gasteiger partial charge in [0.1, 0.15) is 0 Å². The van der Waals surface area contributed by atoms with Crippen LogP contribution in [0.4, 0.5) is 0 Å². The molecule has 0 radical (unpaired) electrons. The van der Waals surface area contributed by atoms with Crippen LogP contribution in [0.5, 0.6) is 0 Å². The van der Waals surface area contributed by atoms with Gasteiger partial charge in [-0.2, -0.15) is 0 Å². The zero-order chi connectivity index (χ0) is 11.1. The average molecular weight is 217 g/mol. The van der Waals surface area contributed by atoms with Crippen molar-refractivity contribution < 1.29 is 4.92 Å². The molecular weight excluding hydrogens is 202 g/mol. The van der Waals surface area contributed by atoms with E-state index in [9.17, 15) is 10.1 Å². The van der Waals surface area contributed by atoms with E-state index in [1.54, 1.807) is 0 Å². The van der Waals surface area contributed by atoms with Crippen LogP contribution in [-0.4, -0.2) is 11.0 Å². The SMILES string of the molecule is O=[N+]([O-])C1C2CCC(C2)C1c1ccccc1. The lowest BCUT2D eigenvalue weighted by Crippen LogP contribution is -2.33. The lowest BCUT2D eigenvalue weighted by atomic mass is 9.80. The van der Waals surface area contributed by atoms with Gasteiger partial charge in [0.15, 0.2) is 0 Å². The van der Waals surface area contributed by atoms with Gasteiger partial charge in [-0.25, -0.2) is 0 Å². The van der Waals surface area contributed by atoms with E-state index in [1.165, 1.54) is 6.42 Å². The van der Waals surface area contributed by atoms with Gasteiger partial charge in [-0.1, -0.05) is 30.3 Å². The average Bonchev–Trinajstić information content (AvgIpc) is 2.89. The second kappa shape index (κ2) is 3.58. The number of benzene rings is 1. The van der Waals surface area contributed by atoms with Gasteiger partial charge in [0.25, 0.3) is 0 Å². The molecule has 2 aliphatic rings. The number of fused-ring (bicyclic) bond motifs is 2. The van der Waals surface area contributed by atoms with Crippen LogP contribution in [-0.2, 0) is 0 Å². The molecule has 2 bridgehead atoms. The van der Waals surface area contributed by atoms with E-state index in [4.69, 9.17) is 0 Å². The molecule has 0 amide bonds. The van der Waals surface area contributed by atoms with Gasteiger partial charge >= 0.3 is 0 Å². The summed E-state index contributed by atoms with van der Waals surface area (Å²) in [6, 6.07) is 9.69. The van der Waals surface area contributed by atoms with Crippen LogP contribution >= 0.6 is 0 Å². The molecule has 3 heteroatoms. The smallest absolute Gasteiger partial charge is 0.222 e. The maximum atomic E-state index is 11.2. The highest BCUT2D eigenvalue weighted by Gasteiger charge is 2.54. The lowest BCUT2D eigenvalue weighted by molar-refractivity contribution is -0.534. The summed E-state index contributed by atoms with van der Waals surface area (Å²) in [4.78, 5) is 11.1. The molecule has 3 nitrogen and oxygen atoms in total. The highest BCUT2D eigenvalue weighted by atomic mass is 16.6. The van der Waals surface area contributed by atoms with E-state index in [1.807, 2.05) is 30.3 Å². The molecule has 0 spiro atoms. The summed E-state index contributed by atoms with van der Waals surface area (Å²) < 4.78 is 0. The summed E-state index contributed by atoms with van der Waals surface area (Å²) >= 11 is 0. The fourth-order valence-corrected chi connectivity index (χ4v) is 3.71. The number of hydrogen-bond acceptors (Lipinski definition) is 2. The Labute approximate surface area is 94.6 Å². The Bertz CT molecular complexity index is 404. The van der Waals surface area contributed by atoms with Gasteiger partial charge < -0.3 is 0 Å². The van der Waals surface area contributed by atoms with Crippen LogP contribution in [0.15, 0.2) is 30.3 Å². The Kier molecular flexibility index (Phi) is 2.20. The standard InChI is InChI=1S/C13H15NO2/c15-14(16)13-11-7-6-10(8-11)12(13)9-4-2-1-3-5-9/h1-5,10-13H,6-8H2. The Morgan fingerprint density at radius 1 is 1.12 bits per heavy atom. The third kappa shape index (κ3) is 1.34. The van der Waals surface area contributed by atoms with Gasteiger partial charge in [0.05, 0.1) is 5.92 Å². The van der Waals surface area contributed by atoms with E-state index in [2.05, 4.69) is 0 Å². The molecule has 16 heavy (non-hydrogen) atoms. The molecular formula is C13H15NO2. The molecule has 0 N–H and O–H groups in total. The molecule has 84 valence electrons. The van der Waals surface area contributed by atoms with Crippen LogP contribution in [0, 0.1) is 22.0 Å². The van der Waals surface area contributed by atoms with Crippen molar-refractivity contribution in [2.75, 3.05) is 0 Å². The number of nitrogens with zero attached hydrogens (tertiary/aromatic N) is 1. The number of rotatable bonds is 2. The first kappa shape index (κ1) is 9.82. The van der Waals surface area contributed by atoms with Crippen LogP contribution in [0.1, 0.15) is 30.7 Å². The number of nitro groups is 1. The molecule has 1 aromatic rings. The zero-order valence-electron chi connectivity index (χ0n) is 9.08. The Balaban J connectivity index is 1.97. The quantitative estimate of drug-likeness (QED) is 0.564. The molecule has 0 saturated heterocycles. The number of hydrogen-bond donors (Lipinski definition) is 0. The molecule has 0 aliphatic heterocycles. The van der Waals surface area contributed by atoms with Gasteiger partial charge in [-0.3, -0.25) is 10.1 Å². The summed E-state index contributed by atoms with van der Waals surface area (Å²) in [6.45, 7) is 0. The van der Waals surface area contributed by atoms with Crippen LogP contribution in [0.2, 0.25) is 0 Å². The largest absolute Gasteiger partial charge is 0.264 e. The van der Waals surface area contributed by atoms with Crippen molar-refractivity contribution in [3.05, 3.63) is 46.0 Å². The summed E-state index contributed by atoms with van der Waals surface area (Å²) in [6.07, 6.45) is 3.29. The molecule has 3 rings (SSSR count). The highest BCUT2D eigenvalue weighted by Crippen LogP contribution is 2.53. The Morgan fingerprint density at radius 2 is 1.81 bits per heavy atom. The third-order valence-corrected chi connectivity index (χ3v) is 4.30. The predicted octanol–water partition coefficient (Wildman–Crippen LogP) is 2.85. The van der Waals surface area contributed by atoms with Crippen LogP contribution in [0.3, 0.4) is 0 Å². The topological polar surface area (TPSA) is 43.1 Å². The Hall–Kier alpha value is -1.38. The highest BCUT2D eigenvalue weighted by molar-refractivity contribution is 5.25. The summed E-state index contributed by atoms with van der Waals surface area (Å²) in [7, 11) is 0. The monoisotopic (exact) mass is 217 g/mol. The van der Waals surface area contributed by atoms with Crippen molar-refractivity contribution in [2.45, 2.75) is 31.2 Å². The lowest BCUT2D eigenvalue weighted by Gasteiger charge is -2.25. The first-order chi connectivity index (χ1) is 7.77. The molecule has 2 aliphatic carbocycles. The fourth-order valence-electron chi connectivity index (χ4n) is 3.71. The van der Waals surface area contributed by atoms with E-state index in [0.29, 0.717) is 11.8 Å². The molecule has 4 unspecified atom stereocenters. The minimum absolute atomic E-state index is 0.0402. The van der Waals surface area contributed by atoms with Crippen LogP contribution < -0.4 is 0 Å². The van der Waals surface area contributed by atoms with Crippen molar-refractivity contribution in [1.29, 1.82) is 0 Å². The first-order valence-corrected chi connectivity index (χ1v) is 5.96. The molecule has 2 fully saturated rings. The van der Waals surface area contributed by atoms with E-state index >= 15 is 0 Å². The molecule has 4 atom stereocenters. The van der Waals surface area contributed by atoms with Crippen LogP contribution in [0.25, 0.3) is 0 Å². The second-order valence-corrected chi connectivity index (χ2v) is 5.05. The maximum Gasteiger partial charge on any atom is 0.222 e. The van der Waals surface area contributed by atoms with Crippen molar-refractivity contribution >= 4 is 0 Å². The third-order valence-electron chi connectivity index (χ3n) is 4.30. The summed E-state index contributed by atoms with van der Waals surface area (Å²) in [5, 5.41) is 11.2. The minimum atomic E-state index is -0.332. The fraction of sp³-hybridized carbons (Fsp3) is 0.538. The summed E-state index contributed by atoms with van der Waals surface area (Å²) in [5.74, 6) is 1.03. The van der Waals surface area contributed by atoms with Gasteiger partial charge in [0.2, 0.25) is 6.04 Å². The molecule has 1 aromatic carbocycles. The zero-order valence-corrected chi connectivity index (χ0v) is 9.08. The normalized spacial score (nSPS) is 36.5. The minimum Gasteiger partial charge on any atom is -0.264 e. The van der Waals surface area contributed by atoms with Gasteiger partial charge in [-0.05, 0) is 30.7 Å². The van der Waals surface area contributed by atoms with Gasteiger partial charge in [-0.15, -0.1) is 0 Å². The second-order valence-electron chi connectivity index (χ2n) is 5.05. The van der Waals surface area contributed by atoms with Crippen molar-refractivity contribution in [3.63, 3.8) is 0 Å².